The first kappa shape index (κ1) is 43.0. The SMILES string of the molecule is CC(C)c1cccc(C(C)C)c1N=C(/C=C(\[N-]c1c(C(C)C)cccc1C(C)C)C(C)(C)C)C(C)(C)C.[Fe+2].[NH-]N=NC12CC3CC(CC(C3)C1)C2. The van der Waals surface area contributed by atoms with E-state index >= 15 is 0 Å². The van der Waals surface area contributed by atoms with Crippen molar-refractivity contribution in [3.63, 3.8) is 0 Å². The van der Waals surface area contributed by atoms with Crippen molar-refractivity contribution in [3.05, 3.63) is 81.6 Å². The van der Waals surface area contributed by atoms with Gasteiger partial charge in [-0.05, 0) is 102 Å². The van der Waals surface area contributed by atoms with Gasteiger partial charge < -0.3 is 16.3 Å². The largest absolute Gasteiger partial charge is 2.00 e. The van der Waals surface area contributed by atoms with E-state index < -0.39 is 0 Å². The van der Waals surface area contributed by atoms with Gasteiger partial charge in [0.15, 0.2) is 0 Å². The Bertz CT molecular complexity index is 1460. The maximum atomic E-state index is 6.90. The Labute approximate surface area is 323 Å². The molecule has 0 atom stereocenters. The summed E-state index contributed by atoms with van der Waals surface area (Å²) in [5.74, 6) is 11.3. The van der Waals surface area contributed by atoms with Gasteiger partial charge in [0.05, 0.1) is 5.69 Å². The zero-order valence-corrected chi connectivity index (χ0v) is 35.6. The van der Waals surface area contributed by atoms with Crippen molar-refractivity contribution < 1.29 is 17.1 Å². The van der Waals surface area contributed by atoms with Crippen LogP contribution in [0.1, 0.15) is 181 Å². The molecule has 4 bridgehead atoms. The van der Waals surface area contributed by atoms with E-state index in [1.54, 1.807) is 0 Å². The summed E-state index contributed by atoms with van der Waals surface area (Å²) >= 11 is 0. The molecule has 0 unspecified atom stereocenters. The average Bonchev–Trinajstić information content (AvgIpc) is 2.98. The fourth-order valence-corrected chi connectivity index (χ4v) is 8.78. The van der Waals surface area contributed by atoms with Gasteiger partial charge in [-0.15, -0.1) is 5.69 Å². The van der Waals surface area contributed by atoms with Gasteiger partial charge in [0, 0.05) is 11.1 Å². The number of nitrogens with one attached hydrogen (secondary N) is 1. The van der Waals surface area contributed by atoms with Crippen molar-refractivity contribution in [2.75, 3.05) is 0 Å². The molecule has 0 aliphatic heterocycles. The van der Waals surface area contributed by atoms with Crippen LogP contribution in [0.25, 0.3) is 11.2 Å². The van der Waals surface area contributed by atoms with Crippen LogP contribution in [-0.2, 0) is 17.1 Å². The van der Waals surface area contributed by atoms with Gasteiger partial charge in [-0.2, -0.15) is 5.70 Å². The van der Waals surface area contributed by atoms with Crippen LogP contribution in [0, 0.1) is 28.6 Å². The molecule has 0 radical (unpaired) electrons. The van der Waals surface area contributed by atoms with Crippen molar-refractivity contribution in [2.24, 2.45) is 43.9 Å². The molecule has 0 amide bonds. The molecule has 4 saturated carbocycles. The molecule has 4 aliphatic rings. The quantitative estimate of drug-likeness (QED) is 0.106. The van der Waals surface area contributed by atoms with Gasteiger partial charge in [0.25, 0.3) is 0 Å². The number of para-hydroxylation sites is 2. The van der Waals surface area contributed by atoms with Crippen LogP contribution in [0.2, 0.25) is 0 Å². The second kappa shape index (κ2) is 17.1. The summed E-state index contributed by atoms with van der Waals surface area (Å²) in [4.78, 5) is 5.46. The van der Waals surface area contributed by atoms with Crippen LogP contribution in [0.5, 0.6) is 0 Å². The van der Waals surface area contributed by atoms with E-state index in [1.165, 1.54) is 60.8 Å². The number of allylic oxidation sites excluding steroid dienone is 2. The summed E-state index contributed by atoms with van der Waals surface area (Å²) in [7, 11) is 0. The van der Waals surface area contributed by atoms with E-state index in [0.29, 0.717) is 23.7 Å². The van der Waals surface area contributed by atoms with Crippen LogP contribution in [0.15, 0.2) is 63.5 Å². The average molecular weight is 736 g/mol. The Morgan fingerprint density at radius 2 is 1.08 bits per heavy atom. The summed E-state index contributed by atoms with van der Waals surface area (Å²) < 4.78 is 0. The first-order chi connectivity index (χ1) is 23.2. The van der Waals surface area contributed by atoms with Crippen molar-refractivity contribution in [2.45, 2.75) is 165 Å². The number of benzene rings is 2. The Hall–Kier alpha value is -2.43. The topological polar surface area (TPSA) is 75.0 Å². The van der Waals surface area contributed by atoms with Crippen LogP contribution >= 0.6 is 0 Å². The molecule has 51 heavy (non-hydrogen) atoms. The second-order valence-corrected chi connectivity index (χ2v) is 19.2. The fourth-order valence-electron chi connectivity index (χ4n) is 8.78. The van der Waals surface area contributed by atoms with Crippen LogP contribution in [0.4, 0.5) is 11.4 Å². The zero-order chi connectivity index (χ0) is 37.2. The third-order valence-corrected chi connectivity index (χ3v) is 11.2. The molecular weight excluding hydrogens is 666 g/mol. The Morgan fingerprint density at radius 3 is 1.41 bits per heavy atom. The molecule has 2 aromatic carbocycles. The van der Waals surface area contributed by atoms with Crippen LogP contribution in [0.3, 0.4) is 0 Å². The Morgan fingerprint density at radius 1 is 0.686 bits per heavy atom. The molecule has 0 heterocycles. The van der Waals surface area contributed by atoms with Crippen molar-refractivity contribution in [3.8, 4) is 0 Å². The third-order valence-electron chi connectivity index (χ3n) is 11.2. The van der Waals surface area contributed by atoms with Gasteiger partial charge in [0.1, 0.15) is 0 Å². The number of rotatable bonds is 9. The van der Waals surface area contributed by atoms with Crippen LogP contribution < -0.4 is 0 Å². The van der Waals surface area contributed by atoms with Gasteiger partial charge in [-0.25, -0.2) is 0 Å². The standard InChI is InChI=1S/C35H53N2.C10H16N3.Fe/c1-22(2)26-17-15-18-27(23(3)4)32(26)36-30(34(9,10)11)21-31(35(12,13)14)37-33-28(24(5)6)19-16-20-29(33)25(7)8;11-13-12-10-4-7-1-8(5-10)3-9(2-7)6-10;/h15-25H,1-14H3;7-9H,1-6H2,(H-,11,12);/q2*-1;+2/b30-21-,37-31?;;. The smallest absolute Gasteiger partial charge is 0.660 e. The van der Waals surface area contributed by atoms with Gasteiger partial charge in [-0.3, -0.25) is 10.2 Å². The molecule has 1 N–H and O–H groups in total. The van der Waals surface area contributed by atoms with Crippen LogP contribution in [-0.4, -0.2) is 11.3 Å². The van der Waals surface area contributed by atoms with Gasteiger partial charge in [-0.1, -0.05) is 151 Å². The van der Waals surface area contributed by atoms with Crippen molar-refractivity contribution in [1.29, 1.82) is 0 Å². The molecule has 0 aromatic heterocycles. The summed E-state index contributed by atoms with van der Waals surface area (Å²) in [6, 6.07) is 13.3. The molecular formula is C45H69FeN5. The predicted molar refractivity (Wildman–Crippen MR) is 216 cm³/mol. The minimum atomic E-state index is -0.136. The summed E-state index contributed by atoms with van der Waals surface area (Å²) in [5.41, 5.74) is 9.49. The first-order valence-electron chi connectivity index (χ1n) is 19.6. The zero-order valence-electron chi connectivity index (χ0n) is 34.5. The van der Waals surface area contributed by atoms with E-state index in [4.69, 9.17) is 16.2 Å². The number of hydrogen-bond donors (Lipinski definition) is 0. The Kier molecular flexibility index (Phi) is 14.4. The minimum absolute atomic E-state index is 0. The molecule has 0 saturated heterocycles. The molecule has 6 rings (SSSR count). The normalized spacial score (nSPS) is 23.7. The molecule has 4 fully saturated rings. The monoisotopic (exact) mass is 735 g/mol. The maximum Gasteiger partial charge on any atom is 2.00 e. The number of nitrogens with zero attached hydrogens (tertiary/aromatic N) is 4. The molecule has 282 valence electrons. The first-order valence-corrected chi connectivity index (χ1v) is 19.6. The van der Waals surface area contributed by atoms with E-state index in [0.717, 1.165) is 40.5 Å². The van der Waals surface area contributed by atoms with Crippen molar-refractivity contribution in [1.82, 2.24) is 0 Å². The number of aliphatic imine (C=N–C) groups is 1. The van der Waals surface area contributed by atoms with Gasteiger partial charge in [0.2, 0.25) is 0 Å². The molecule has 2 aromatic rings. The fraction of sp³-hybridized carbons (Fsp3) is 0.667. The second-order valence-electron chi connectivity index (χ2n) is 19.2. The molecule has 4 aliphatic carbocycles. The minimum Gasteiger partial charge on any atom is -0.660 e. The van der Waals surface area contributed by atoms with E-state index in [9.17, 15) is 0 Å². The molecule has 6 heteroatoms. The predicted octanol–water partition coefficient (Wildman–Crippen LogP) is 15.3. The number of hydrogen-bond acceptors (Lipinski definition) is 3. The van der Waals surface area contributed by atoms with Crippen molar-refractivity contribution >= 4 is 17.1 Å². The summed E-state index contributed by atoms with van der Waals surface area (Å²) in [6.45, 7) is 31.7. The van der Waals surface area contributed by atoms with E-state index in [1.807, 2.05) is 0 Å². The third kappa shape index (κ3) is 10.6. The molecule has 5 nitrogen and oxygen atoms in total. The summed E-state index contributed by atoms with van der Waals surface area (Å²) in [6.07, 6.45) is 10.3. The maximum absolute atomic E-state index is 6.90. The van der Waals surface area contributed by atoms with Gasteiger partial charge >= 0.3 is 17.1 Å². The van der Waals surface area contributed by atoms with E-state index in [2.05, 4.69) is 150 Å². The molecule has 0 spiro atoms. The Balaban J connectivity index is 0.000000412. The summed E-state index contributed by atoms with van der Waals surface area (Å²) in [5, 5.41) is 13.0. The van der Waals surface area contributed by atoms with E-state index in [-0.39, 0.29) is 33.4 Å².